The topological polar surface area (TPSA) is 132 Å². The van der Waals surface area contributed by atoms with Crippen LogP contribution in [0.15, 0.2) is 46.7 Å². The van der Waals surface area contributed by atoms with Crippen LogP contribution in [-0.4, -0.2) is 46.4 Å². The van der Waals surface area contributed by atoms with Crippen LogP contribution < -0.4 is 11.1 Å². The Morgan fingerprint density at radius 2 is 1.42 bits per heavy atom. The van der Waals surface area contributed by atoms with Gasteiger partial charge in [-0.1, -0.05) is 6.07 Å². The fraction of sp³-hybridized carbons (Fsp3) is 0.286. The first kappa shape index (κ1) is 20.0. The monoisotopic (exact) mass is 372 g/mol. The molecular weight excluding hydrogens is 352 g/mol. The Kier molecular flexibility index (Phi) is 6.81. The van der Waals surface area contributed by atoms with Crippen LogP contribution in [0, 0.1) is 0 Å². The number of nitrogens with one attached hydrogen (secondary N) is 1. The summed E-state index contributed by atoms with van der Waals surface area (Å²) in [5.74, 6) is 0. The van der Waals surface area contributed by atoms with Gasteiger partial charge in [-0.2, -0.15) is 0 Å². The average molecular weight is 372 g/mol. The van der Waals surface area contributed by atoms with Crippen molar-refractivity contribution in [2.45, 2.75) is 16.6 Å². The predicted octanol–water partition coefficient (Wildman–Crippen LogP) is 0.471. The molecule has 0 fully saturated rings. The highest BCUT2D eigenvalue weighted by Gasteiger charge is 2.07. The summed E-state index contributed by atoms with van der Waals surface area (Å²) in [6.45, 7) is 0.372. The zero-order chi connectivity index (χ0) is 18.4. The molecule has 2 rings (SSSR count). The third kappa shape index (κ3) is 6.22. The number of nitrogens with two attached hydrogens (primary N) is 1. The maximum atomic E-state index is 10.9. The van der Waals surface area contributed by atoms with Crippen LogP contribution in [0.2, 0.25) is 0 Å². The minimum Gasteiger partial charge on any atom is -0.387 e. The Morgan fingerprint density at radius 3 is 1.71 bits per heavy atom. The van der Waals surface area contributed by atoms with E-state index in [-0.39, 0.29) is 10.1 Å². The van der Waals surface area contributed by atoms with Gasteiger partial charge in [0.1, 0.15) is 0 Å². The van der Waals surface area contributed by atoms with E-state index in [9.17, 15) is 16.8 Å². The van der Waals surface area contributed by atoms with E-state index >= 15 is 0 Å². The summed E-state index contributed by atoms with van der Waals surface area (Å²) < 4.78 is 43.8. The molecule has 132 valence electrons. The van der Waals surface area contributed by atoms with Crippen LogP contribution in [0.25, 0.3) is 0 Å². The number of hydrogen-bond acceptors (Lipinski definition) is 8. The summed E-state index contributed by atoms with van der Waals surface area (Å²) >= 11 is 0. The van der Waals surface area contributed by atoms with Gasteiger partial charge in [0, 0.05) is 32.3 Å². The van der Waals surface area contributed by atoms with Crippen LogP contribution in [-0.2, 0) is 26.2 Å². The molecule has 0 atom stereocenters. The number of anilines is 1. The second-order valence-electron chi connectivity index (χ2n) is 4.89. The Morgan fingerprint density at radius 1 is 0.917 bits per heavy atom. The van der Waals surface area contributed by atoms with Gasteiger partial charge in [0.2, 0.25) is 0 Å². The average Bonchev–Trinajstić information content (AvgIpc) is 2.54. The summed E-state index contributed by atoms with van der Waals surface area (Å²) in [6.07, 6.45) is 5.21. The summed E-state index contributed by atoms with van der Waals surface area (Å²) in [5, 5.41) is 3.03. The number of hydrogen-bond donors (Lipinski definition) is 2. The van der Waals surface area contributed by atoms with Crippen LogP contribution in [0.4, 0.5) is 5.69 Å². The zero-order valence-electron chi connectivity index (χ0n) is 13.6. The second kappa shape index (κ2) is 8.18. The maximum absolute atomic E-state index is 10.9. The fourth-order valence-electron chi connectivity index (χ4n) is 1.50. The molecule has 0 saturated carbocycles. The van der Waals surface area contributed by atoms with Crippen molar-refractivity contribution in [1.29, 1.82) is 0 Å². The molecule has 0 unspecified atom stereocenters. The number of sulfone groups is 2. The van der Waals surface area contributed by atoms with Crippen LogP contribution in [0.3, 0.4) is 0 Å². The van der Waals surface area contributed by atoms with Crippen molar-refractivity contribution < 1.29 is 16.8 Å². The van der Waals surface area contributed by atoms with Crippen LogP contribution >= 0.6 is 0 Å². The number of nitrogens with zero attached hydrogens (tertiary/aromatic N) is 2. The summed E-state index contributed by atoms with van der Waals surface area (Å²) in [6, 6.07) is 6.26. The zero-order valence-corrected chi connectivity index (χ0v) is 15.2. The highest BCUT2D eigenvalue weighted by molar-refractivity contribution is 7.90. The molecule has 0 bridgehead atoms. The SMILES string of the molecule is CNc1ccc(S(C)(=O)=O)nc1.CS(=O)(=O)c1ccc(CN)cn1. The Balaban J connectivity index is 0.000000240. The number of pyridine rings is 2. The van der Waals surface area contributed by atoms with Crippen molar-refractivity contribution in [2.24, 2.45) is 5.73 Å². The van der Waals surface area contributed by atoms with Gasteiger partial charge in [-0.3, -0.25) is 0 Å². The third-order valence-corrected chi connectivity index (χ3v) is 4.82. The first-order valence-corrected chi connectivity index (χ1v) is 10.5. The Labute approximate surface area is 142 Å². The quantitative estimate of drug-likeness (QED) is 0.791. The molecule has 0 aromatic carbocycles. The maximum Gasteiger partial charge on any atom is 0.192 e. The summed E-state index contributed by atoms with van der Waals surface area (Å²) in [4.78, 5) is 7.52. The van der Waals surface area contributed by atoms with E-state index in [2.05, 4.69) is 15.3 Å². The van der Waals surface area contributed by atoms with Crippen LogP contribution in [0.1, 0.15) is 5.56 Å². The minimum absolute atomic E-state index is 0.0831. The van der Waals surface area contributed by atoms with E-state index in [1.807, 2.05) is 0 Å². The van der Waals surface area contributed by atoms with Crippen molar-refractivity contribution in [3.05, 3.63) is 42.2 Å². The molecule has 0 spiro atoms. The molecule has 0 radical (unpaired) electrons. The van der Waals surface area contributed by atoms with E-state index in [0.29, 0.717) is 6.54 Å². The van der Waals surface area contributed by atoms with Gasteiger partial charge in [-0.05, 0) is 23.8 Å². The van der Waals surface area contributed by atoms with Gasteiger partial charge in [0.05, 0.1) is 11.9 Å². The smallest absolute Gasteiger partial charge is 0.192 e. The van der Waals surface area contributed by atoms with Gasteiger partial charge in [0.15, 0.2) is 29.7 Å². The molecular formula is C14H20N4O4S2. The predicted molar refractivity (Wildman–Crippen MR) is 92.1 cm³/mol. The normalized spacial score (nSPS) is 11.3. The van der Waals surface area contributed by atoms with Gasteiger partial charge in [0.25, 0.3) is 0 Å². The minimum atomic E-state index is -3.18. The Hall–Kier alpha value is -2.04. The van der Waals surface area contributed by atoms with Gasteiger partial charge >= 0.3 is 0 Å². The molecule has 0 aliphatic carbocycles. The second-order valence-corrected chi connectivity index (χ2v) is 8.81. The van der Waals surface area contributed by atoms with Crippen molar-refractivity contribution >= 4 is 25.4 Å². The van der Waals surface area contributed by atoms with Gasteiger partial charge < -0.3 is 11.1 Å². The largest absolute Gasteiger partial charge is 0.387 e. The van der Waals surface area contributed by atoms with Crippen molar-refractivity contribution in [1.82, 2.24) is 9.97 Å². The lowest BCUT2D eigenvalue weighted by Gasteiger charge is -1.99. The molecule has 8 nitrogen and oxygen atoms in total. The lowest BCUT2D eigenvalue weighted by molar-refractivity contribution is 0.596. The van der Waals surface area contributed by atoms with E-state index in [1.165, 1.54) is 24.5 Å². The molecule has 0 amide bonds. The van der Waals surface area contributed by atoms with E-state index in [1.54, 1.807) is 19.2 Å². The van der Waals surface area contributed by atoms with Crippen molar-refractivity contribution in [3.8, 4) is 0 Å². The highest BCUT2D eigenvalue weighted by atomic mass is 32.2. The Bertz CT molecular complexity index is 786. The lowest BCUT2D eigenvalue weighted by atomic mass is 10.3. The number of aromatic nitrogens is 2. The standard InChI is InChI=1S/2C7H10N2O2S/c1-8-6-3-4-7(9-5-6)12(2,10)11;1-12(10,11)7-3-2-6(4-8)5-9-7/h3-5,8H,1-2H3;2-3,5H,4,8H2,1H3. The van der Waals surface area contributed by atoms with Crippen molar-refractivity contribution in [2.75, 3.05) is 24.9 Å². The molecule has 0 aliphatic heterocycles. The van der Waals surface area contributed by atoms with E-state index in [0.717, 1.165) is 23.8 Å². The first-order valence-electron chi connectivity index (χ1n) is 6.77. The molecule has 2 heterocycles. The molecule has 2 aromatic rings. The van der Waals surface area contributed by atoms with Crippen LogP contribution in [0.5, 0.6) is 0 Å². The molecule has 0 aliphatic rings. The fourth-order valence-corrected chi connectivity index (χ4v) is 2.62. The highest BCUT2D eigenvalue weighted by Crippen LogP contribution is 2.08. The lowest BCUT2D eigenvalue weighted by Crippen LogP contribution is -2.02. The summed E-state index contributed by atoms with van der Waals surface area (Å²) in [5.41, 5.74) is 6.94. The van der Waals surface area contributed by atoms with E-state index in [4.69, 9.17) is 5.73 Å². The van der Waals surface area contributed by atoms with Gasteiger partial charge in [-0.15, -0.1) is 0 Å². The molecule has 2 aromatic heterocycles. The number of rotatable bonds is 4. The van der Waals surface area contributed by atoms with Crippen molar-refractivity contribution in [3.63, 3.8) is 0 Å². The molecule has 10 heteroatoms. The first-order chi connectivity index (χ1) is 11.1. The molecule has 24 heavy (non-hydrogen) atoms. The third-order valence-electron chi connectivity index (χ3n) is 2.82. The summed E-state index contributed by atoms with van der Waals surface area (Å²) in [7, 11) is -4.60. The van der Waals surface area contributed by atoms with Gasteiger partial charge in [-0.25, -0.2) is 26.8 Å². The molecule has 0 saturated heterocycles. The van der Waals surface area contributed by atoms with E-state index < -0.39 is 19.7 Å². The molecule has 3 N–H and O–H groups in total.